The zero-order valence-electron chi connectivity index (χ0n) is 19.4. The van der Waals surface area contributed by atoms with Crippen LogP contribution in [0.5, 0.6) is 5.75 Å². The molecule has 0 amide bonds. The molecule has 0 heterocycles. The molecule has 0 radical (unpaired) electrons. The Morgan fingerprint density at radius 2 is 1.72 bits per heavy atom. The Hall–Kier alpha value is -2.54. The van der Waals surface area contributed by atoms with Crippen molar-refractivity contribution in [3.05, 3.63) is 59.9 Å². The molecule has 0 N–H and O–H groups in total. The normalized spacial score (nSPS) is 14.2. The number of rotatable bonds is 9. The molecule has 0 saturated heterocycles. The summed E-state index contributed by atoms with van der Waals surface area (Å²) in [4.78, 5) is 25.8. The van der Waals surface area contributed by atoms with Crippen LogP contribution in [0.4, 0.5) is 4.39 Å². The fourth-order valence-corrected chi connectivity index (χ4v) is 4.23. The maximum Gasteiger partial charge on any atom is 0.309 e. The summed E-state index contributed by atoms with van der Waals surface area (Å²) in [5, 5.41) is -0.356. The maximum atomic E-state index is 13.8. The predicted octanol–water partition coefficient (Wildman–Crippen LogP) is 5.97. The smallest absolute Gasteiger partial charge is 0.309 e. The summed E-state index contributed by atoms with van der Waals surface area (Å²) in [7, 11) is 1.47. The Bertz CT molecular complexity index is 910. The summed E-state index contributed by atoms with van der Waals surface area (Å²) in [6.45, 7) is 8.74. The van der Waals surface area contributed by atoms with E-state index in [1.54, 1.807) is 40.7 Å². The lowest BCUT2D eigenvalue weighted by Gasteiger charge is -2.27. The van der Waals surface area contributed by atoms with Gasteiger partial charge >= 0.3 is 11.9 Å². The number of thioether (sulfide) groups is 1. The molecule has 174 valence electrons. The molecule has 0 fully saturated rings. The first-order valence-electron chi connectivity index (χ1n) is 10.5. The highest BCUT2D eigenvalue weighted by atomic mass is 32.2. The first-order valence-corrected chi connectivity index (χ1v) is 11.4. The standard InChI is InChI=1S/C25H31FO5S/c1-16(14-22(27)31-25(3,4)5)24(28)30-17(2)23(32-19-10-8-7-9-11-19)20-13-12-18(26)15-21(20)29-6/h7-13,15-17,23H,14H2,1-6H3/t16-,17+,23+/m1/s1. The highest BCUT2D eigenvalue weighted by Crippen LogP contribution is 2.43. The van der Waals surface area contributed by atoms with Crippen LogP contribution in [0.3, 0.4) is 0 Å². The zero-order chi connectivity index (χ0) is 23.9. The average molecular weight is 463 g/mol. The Labute approximate surface area is 193 Å². The fourth-order valence-electron chi connectivity index (χ4n) is 3.06. The maximum absolute atomic E-state index is 13.8. The fraction of sp³-hybridized carbons (Fsp3) is 0.440. The number of esters is 2. The van der Waals surface area contributed by atoms with Crippen LogP contribution in [0.2, 0.25) is 0 Å². The van der Waals surface area contributed by atoms with Gasteiger partial charge in [0.1, 0.15) is 23.3 Å². The van der Waals surface area contributed by atoms with E-state index < -0.39 is 35.4 Å². The van der Waals surface area contributed by atoms with E-state index in [0.29, 0.717) is 11.3 Å². The summed E-state index contributed by atoms with van der Waals surface area (Å²) >= 11 is 1.49. The molecule has 0 unspecified atom stereocenters. The van der Waals surface area contributed by atoms with Gasteiger partial charge in [0, 0.05) is 16.5 Å². The number of halogens is 1. The average Bonchev–Trinajstić information content (AvgIpc) is 2.71. The first kappa shape index (κ1) is 25.7. The number of carbonyl (C=O) groups is 2. The largest absolute Gasteiger partial charge is 0.496 e. The second-order valence-corrected chi connectivity index (χ2v) is 9.79. The van der Waals surface area contributed by atoms with Crippen molar-refractivity contribution in [2.75, 3.05) is 7.11 Å². The van der Waals surface area contributed by atoms with Crippen LogP contribution in [0.15, 0.2) is 53.4 Å². The van der Waals surface area contributed by atoms with Gasteiger partial charge < -0.3 is 14.2 Å². The lowest BCUT2D eigenvalue weighted by Crippen LogP contribution is -2.29. The van der Waals surface area contributed by atoms with Crippen molar-refractivity contribution >= 4 is 23.7 Å². The Kier molecular flexibility index (Phi) is 9.13. The molecule has 0 bridgehead atoms. The molecule has 0 aromatic heterocycles. The van der Waals surface area contributed by atoms with E-state index in [9.17, 15) is 14.0 Å². The summed E-state index contributed by atoms with van der Waals surface area (Å²) in [6, 6.07) is 14.0. The van der Waals surface area contributed by atoms with Gasteiger partial charge in [-0.3, -0.25) is 9.59 Å². The minimum Gasteiger partial charge on any atom is -0.496 e. The monoisotopic (exact) mass is 462 g/mol. The van der Waals surface area contributed by atoms with Crippen molar-refractivity contribution in [2.45, 2.75) is 62.9 Å². The third-order valence-electron chi connectivity index (χ3n) is 4.53. The van der Waals surface area contributed by atoms with Crippen molar-refractivity contribution < 1.29 is 28.2 Å². The number of hydrogen-bond acceptors (Lipinski definition) is 6. The van der Waals surface area contributed by atoms with Gasteiger partial charge in [0.05, 0.1) is 24.7 Å². The summed E-state index contributed by atoms with van der Waals surface area (Å²) in [6.07, 6.45) is -0.646. The number of hydrogen-bond donors (Lipinski definition) is 0. The molecule has 0 aliphatic rings. The number of methoxy groups -OCH3 is 1. The van der Waals surface area contributed by atoms with Crippen LogP contribution < -0.4 is 4.74 Å². The van der Waals surface area contributed by atoms with E-state index in [1.807, 2.05) is 30.3 Å². The molecular weight excluding hydrogens is 431 g/mol. The van der Waals surface area contributed by atoms with Gasteiger partial charge in [-0.2, -0.15) is 0 Å². The molecule has 5 nitrogen and oxygen atoms in total. The van der Waals surface area contributed by atoms with Gasteiger partial charge in [-0.25, -0.2) is 4.39 Å². The van der Waals surface area contributed by atoms with E-state index in [2.05, 4.69) is 0 Å². The number of benzene rings is 2. The Balaban J connectivity index is 2.20. The number of carbonyl (C=O) groups excluding carboxylic acids is 2. The first-order chi connectivity index (χ1) is 15.0. The van der Waals surface area contributed by atoms with Gasteiger partial charge in [0.2, 0.25) is 0 Å². The van der Waals surface area contributed by atoms with Gasteiger partial charge in [-0.15, -0.1) is 11.8 Å². The second-order valence-electron chi connectivity index (χ2n) is 8.57. The van der Waals surface area contributed by atoms with E-state index >= 15 is 0 Å². The van der Waals surface area contributed by atoms with E-state index in [4.69, 9.17) is 14.2 Å². The van der Waals surface area contributed by atoms with E-state index in [-0.39, 0.29) is 11.7 Å². The van der Waals surface area contributed by atoms with Gasteiger partial charge in [-0.05, 0) is 45.9 Å². The van der Waals surface area contributed by atoms with Gasteiger partial charge in [-0.1, -0.05) is 31.2 Å². The second kappa shape index (κ2) is 11.4. The lowest BCUT2D eigenvalue weighted by atomic mass is 10.1. The van der Waals surface area contributed by atoms with E-state index in [0.717, 1.165) is 4.90 Å². The van der Waals surface area contributed by atoms with Crippen molar-refractivity contribution in [3.63, 3.8) is 0 Å². The Morgan fingerprint density at radius 1 is 1.06 bits per heavy atom. The summed E-state index contributed by atoms with van der Waals surface area (Å²) < 4.78 is 30.2. The zero-order valence-corrected chi connectivity index (χ0v) is 20.2. The van der Waals surface area contributed by atoms with Gasteiger partial charge in [0.25, 0.3) is 0 Å². The lowest BCUT2D eigenvalue weighted by molar-refractivity contribution is -0.163. The van der Waals surface area contributed by atoms with Crippen molar-refractivity contribution in [1.82, 2.24) is 0 Å². The summed E-state index contributed by atoms with van der Waals surface area (Å²) in [5.74, 6) is -1.65. The van der Waals surface area contributed by atoms with Crippen LogP contribution >= 0.6 is 11.8 Å². The van der Waals surface area contributed by atoms with Crippen molar-refractivity contribution in [3.8, 4) is 5.75 Å². The van der Waals surface area contributed by atoms with Crippen LogP contribution in [0.25, 0.3) is 0 Å². The quantitative estimate of drug-likeness (QED) is 0.338. The predicted molar refractivity (Wildman–Crippen MR) is 123 cm³/mol. The minimum absolute atomic E-state index is 0.0703. The molecule has 2 rings (SSSR count). The van der Waals surface area contributed by atoms with Crippen LogP contribution in [0.1, 0.15) is 51.9 Å². The molecule has 2 aromatic carbocycles. The van der Waals surface area contributed by atoms with Crippen molar-refractivity contribution in [2.24, 2.45) is 5.92 Å². The molecule has 0 aliphatic heterocycles. The molecule has 0 spiro atoms. The van der Waals surface area contributed by atoms with Crippen LogP contribution in [0, 0.1) is 11.7 Å². The third kappa shape index (κ3) is 7.86. The molecule has 3 atom stereocenters. The van der Waals surface area contributed by atoms with Crippen LogP contribution in [-0.2, 0) is 19.1 Å². The van der Waals surface area contributed by atoms with Crippen molar-refractivity contribution in [1.29, 1.82) is 0 Å². The van der Waals surface area contributed by atoms with Gasteiger partial charge in [0.15, 0.2) is 0 Å². The topological polar surface area (TPSA) is 61.8 Å². The Morgan fingerprint density at radius 3 is 2.31 bits per heavy atom. The molecular formula is C25H31FO5S. The third-order valence-corrected chi connectivity index (χ3v) is 5.97. The van der Waals surface area contributed by atoms with Crippen LogP contribution in [-0.4, -0.2) is 30.8 Å². The highest BCUT2D eigenvalue weighted by Gasteiger charge is 2.30. The molecule has 0 saturated carbocycles. The molecule has 0 aliphatic carbocycles. The molecule has 7 heteroatoms. The molecule has 2 aromatic rings. The summed E-state index contributed by atoms with van der Waals surface area (Å²) in [5.41, 5.74) is 0.0905. The SMILES string of the molecule is COc1cc(F)ccc1[C@@H](Sc1ccccc1)[C@H](C)OC(=O)[C@H](C)CC(=O)OC(C)(C)C. The molecule has 32 heavy (non-hydrogen) atoms. The highest BCUT2D eigenvalue weighted by molar-refractivity contribution is 7.99. The minimum atomic E-state index is -0.662. The van der Waals surface area contributed by atoms with E-state index in [1.165, 1.54) is 31.0 Å². The number of ether oxygens (including phenoxy) is 3.